The number of hydrogen-bond donors (Lipinski definition) is 3. The average molecular weight is 572 g/mol. The zero-order chi connectivity index (χ0) is 30.2. The van der Waals surface area contributed by atoms with E-state index in [0.717, 1.165) is 65.7 Å². The van der Waals surface area contributed by atoms with Crippen LogP contribution in [0.25, 0.3) is 11.1 Å². The first-order valence-electron chi connectivity index (χ1n) is 14.7. The van der Waals surface area contributed by atoms with E-state index < -0.39 is 23.9 Å². The summed E-state index contributed by atoms with van der Waals surface area (Å²) in [7, 11) is 0. The van der Waals surface area contributed by atoms with Crippen molar-refractivity contribution in [2.75, 3.05) is 17.2 Å². The molecule has 1 fully saturated rings. The third kappa shape index (κ3) is 7.90. The molecule has 0 aromatic heterocycles. The van der Waals surface area contributed by atoms with Crippen molar-refractivity contribution < 1.29 is 23.9 Å². The first-order valence-corrected chi connectivity index (χ1v) is 14.7. The Morgan fingerprint density at radius 2 is 1.50 bits per heavy atom. The summed E-state index contributed by atoms with van der Waals surface area (Å²) < 4.78 is 11.2. The van der Waals surface area contributed by atoms with E-state index in [9.17, 15) is 14.4 Å². The minimum atomic E-state index is -0.843. The molecule has 1 saturated carbocycles. The molecule has 8 nitrogen and oxygen atoms in total. The van der Waals surface area contributed by atoms with Gasteiger partial charge in [0.2, 0.25) is 0 Å². The van der Waals surface area contributed by atoms with E-state index in [0.29, 0.717) is 18.0 Å². The molecule has 1 aliphatic carbocycles. The molecule has 0 aliphatic heterocycles. The lowest BCUT2D eigenvalue weighted by molar-refractivity contribution is -0.152. The average Bonchev–Trinajstić information content (AvgIpc) is 2.96. The van der Waals surface area contributed by atoms with Crippen molar-refractivity contribution in [2.24, 2.45) is 0 Å². The zero-order valence-corrected chi connectivity index (χ0v) is 25.1. The van der Waals surface area contributed by atoms with Gasteiger partial charge in [0, 0.05) is 5.69 Å². The van der Waals surface area contributed by atoms with Gasteiger partial charge in [0.25, 0.3) is 5.91 Å². The van der Waals surface area contributed by atoms with Crippen LogP contribution in [0, 0.1) is 20.8 Å². The summed E-state index contributed by atoms with van der Waals surface area (Å²) >= 11 is 0. The second-order valence-electron chi connectivity index (χ2n) is 11.0. The monoisotopic (exact) mass is 571 g/mol. The fourth-order valence-corrected chi connectivity index (χ4v) is 5.36. The predicted octanol–water partition coefficient (Wildman–Crippen LogP) is 7.32. The van der Waals surface area contributed by atoms with Gasteiger partial charge >= 0.3 is 12.0 Å². The molecule has 1 atom stereocenters. The number of benzene rings is 3. The second-order valence-corrected chi connectivity index (χ2v) is 11.0. The van der Waals surface area contributed by atoms with E-state index in [-0.39, 0.29) is 11.7 Å². The van der Waals surface area contributed by atoms with Crippen molar-refractivity contribution in [2.45, 2.75) is 78.9 Å². The number of esters is 1. The van der Waals surface area contributed by atoms with E-state index >= 15 is 0 Å². The number of hydrogen-bond acceptors (Lipinski definition) is 5. The van der Waals surface area contributed by atoms with Crippen molar-refractivity contribution in [1.82, 2.24) is 5.32 Å². The van der Waals surface area contributed by atoms with E-state index in [1.54, 1.807) is 19.1 Å². The fourth-order valence-electron chi connectivity index (χ4n) is 5.36. The molecule has 3 aromatic carbocycles. The lowest BCUT2D eigenvalue weighted by atomic mass is 9.98. The first-order chi connectivity index (χ1) is 20.1. The summed E-state index contributed by atoms with van der Waals surface area (Å²) in [5.74, 6) is -0.189. The van der Waals surface area contributed by atoms with Gasteiger partial charge in [-0.05, 0) is 107 Å². The first kappa shape index (κ1) is 30.6. The maximum atomic E-state index is 13.4. The van der Waals surface area contributed by atoms with Gasteiger partial charge in [-0.3, -0.25) is 4.79 Å². The van der Waals surface area contributed by atoms with Crippen molar-refractivity contribution in [1.29, 1.82) is 0 Å². The number of carbonyl (C=O) groups excluding carboxylic acids is 3. The van der Waals surface area contributed by atoms with E-state index in [1.165, 1.54) is 0 Å². The topological polar surface area (TPSA) is 106 Å². The predicted molar refractivity (Wildman–Crippen MR) is 166 cm³/mol. The van der Waals surface area contributed by atoms with Crippen molar-refractivity contribution in [3.63, 3.8) is 0 Å². The Kier molecular flexibility index (Phi) is 10.2. The maximum Gasteiger partial charge on any atom is 0.328 e. The molecule has 3 N–H and O–H groups in total. The number of rotatable bonds is 9. The molecule has 222 valence electrons. The summed E-state index contributed by atoms with van der Waals surface area (Å²) in [6.07, 6.45) is 4.83. The van der Waals surface area contributed by atoms with Crippen LogP contribution in [0.3, 0.4) is 0 Å². The molecule has 0 heterocycles. The highest BCUT2D eigenvalue weighted by molar-refractivity contribution is 6.08. The summed E-state index contributed by atoms with van der Waals surface area (Å²) in [6, 6.07) is 15.5. The Bertz CT molecular complexity index is 1400. The molecular weight excluding hydrogens is 530 g/mol. The molecule has 8 heteroatoms. The molecule has 3 aromatic rings. The van der Waals surface area contributed by atoms with Gasteiger partial charge in [0.1, 0.15) is 17.9 Å². The van der Waals surface area contributed by atoms with Gasteiger partial charge in [-0.1, -0.05) is 42.3 Å². The highest BCUT2D eigenvalue weighted by Gasteiger charge is 2.25. The van der Waals surface area contributed by atoms with Crippen LogP contribution < -0.4 is 20.7 Å². The number of anilines is 2. The van der Waals surface area contributed by atoms with Crippen LogP contribution >= 0.6 is 0 Å². The fraction of sp³-hybridized carbons (Fsp3) is 0.382. The largest absolute Gasteiger partial charge is 0.494 e. The van der Waals surface area contributed by atoms with Gasteiger partial charge in [0.15, 0.2) is 0 Å². The van der Waals surface area contributed by atoms with Crippen molar-refractivity contribution in [3.8, 4) is 16.9 Å². The van der Waals surface area contributed by atoms with Gasteiger partial charge in [0.05, 0.1) is 17.9 Å². The Hall–Kier alpha value is -4.33. The van der Waals surface area contributed by atoms with Crippen LogP contribution in [0.2, 0.25) is 0 Å². The molecule has 1 aliphatic rings. The lowest BCUT2D eigenvalue weighted by Crippen LogP contribution is -2.41. The van der Waals surface area contributed by atoms with Crippen LogP contribution in [0.4, 0.5) is 16.2 Å². The van der Waals surface area contributed by atoms with Crippen LogP contribution in [0.1, 0.15) is 73.0 Å². The van der Waals surface area contributed by atoms with Crippen LogP contribution in [-0.2, 0) is 9.53 Å². The third-order valence-electron chi connectivity index (χ3n) is 7.46. The molecule has 0 spiro atoms. The number of amides is 3. The van der Waals surface area contributed by atoms with E-state index in [4.69, 9.17) is 9.47 Å². The summed E-state index contributed by atoms with van der Waals surface area (Å²) in [6.45, 7) is 9.99. The summed E-state index contributed by atoms with van der Waals surface area (Å²) in [5, 5.41) is 8.55. The highest BCUT2D eigenvalue weighted by atomic mass is 16.5. The number of nitrogens with one attached hydrogen (secondary N) is 3. The van der Waals surface area contributed by atoms with Crippen LogP contribution in [0.5, 0.6) is 5.75 Å². The minimum absolute atomic E-state index is 0.103. The Morgan fingerprint density at radius 3 is 2.14 bits per heavy atom. The molecule has 4 rings (SSSR count). The standard InChI is InChI=1S/C34H41N3O5/c1-6-41-27-15-12-25(13-16-27)26-14-17-29(32(38)35-24(5)33(39)42-28-10-8-7-9-11-28)30(20-26)36-34(40)37-31-22(3)18-21(2)19-23(31)4/h12-20,24,28H,6-11H2,1-5H3,(H,35,38)(H2,36,37,40)/t24-/m0/s1. The highest BCUT2D eigenvalue weighted by Crippen LogP contribution is 2.29. The van der Waals surface area contributed by atoms with Gasteiger partial charge in [-0.15, -0.1) is 0 Å². The number of aryl methyl sites for hydroxylation is 3. The van der Waals surface area contributed by atoms with Gasteiger partial charge < -0.3 is 25.4 Å². The second kappa shape index (κ2) is 14.0. The third-order valence-corrected chi connectivity index (χ3v) is 7.46. The SMILES string of the molecule is CCOc1ccc(-c2ccc(C(=O)N[C@@H](C)C(=O)OC3CCCCC3)c(NC(=O)Nc3c(C)cc(C)cc3C)c2)cc1. The Balaban J connectivity index is 1.57. The molecular formula is C34H41N3O5. The summed E-state index contributed by atoms with van der Waals surface area (Å²) in [5.41, 5.74) is 5.94. The smallest absolute Gasteiger partial charge is 0.328 e. The number of ether oxygens (including phenoxy) is 2. The molecule has 0 radical (unpaired) electrons. The zero-order valence-electron chi connectivity index (χ0n) is 25.1. The number of carbonyl (C=O) groups is 3. The van der Waals surface area contributed by atoms with Gasteiger partial charge in [-0.2, -0.15) is 0 Å². The van der Waals surface area contributed by atoms with Crippen LogP contribution in [0.15, 0.2) is 54.6 Å². The Morgan fingerprint density at radius 1 is 0.857 bits per heavy atom. The minimum Gasteiger partial charge on any atom is -0.494 e. The van der Waals surface area contributed by atoms with Crippen molar-refractivity contribution in [3.05, 3.63) is 76.9 Å². The van der Waals surface area contributed by atoms with Gasteiger partial charge in [-0.25, -0.2) is 9.59 Å². The molecule has 0 unspecified atom stereocenters. The maximum absolute atomic E-state index is 13.4. The van der Waals surface area contributed by atoms with E-state index in [1.807, 2.05) is 70.2 Å². The molecule has 3 amide bonds. The lowest BCUT2D eigenvalue weighted by Gasteiger charge is -2.24. The van der Waals surface area contributed by atoms with E-state index in [2.05, 4.69) is 16.0 Å². The normalized spacial score (nSPS) is 14.0. The number of urea groups is 1. The molecule has 0 bridgehead atoms. The van der Waals surface area contributed by atoms with Crippen molar-refractivity contribution >= 4 is 29.3 Å². The molecule has 42 heavy (non-hydrogen) atoms. The molecule has 0 saturated heterocycles. The summed E-state index contributed by atoms with van der Waals surface area (Å²) in [4.78, 5) is 39.4. The Labute approximate surface area is 248 Å². The van der Waals surface area contributed by atoms with Crippen LogP contribution in [-0.4, -0.2) is 36.7 Å². The quantitative estimate of drug-likeness (QED) is 0.234.